The van der Waals surface area contributed by atoms with Crippen LogP contribution in [0.4, 0.5) is 23.3 Å². The van der Waals surface area contributed by atoms with Crippen LogP contribution in [0, 0.1) is 6.92 Å². The summed E-state index contributed by atoms with van der Waals surface area (Å²) in [6.07, 6.45) is 50.8. The first-order valence-electron chi connectivity index (χ1n) is 36.4. The van der Waals surface area contributed by atoms with Crippen molar-refractivity contribution >= 4 is 23.3 Å². The molecule has 0 radical (unpaired) electrons. The molecule has 492 valence electrons. The standard InChI is InChI=1S/C76H127N5O6/c1-8-14-20-26-32-38-44-54-82-68-60-66(61-69(83-55-45-39-33-27-21-15-9-2)72(68)86-58-48-42-36-30-24-18-12-5)77-75-79-74(65-52-50-64(7)51-53-65)80-76(81-75)78-67-62-70(84-56-46-40-34-28-22-16-10-3)73(87-59-49-43-37-31-25-19-13-6)71(63-67)85-57-47-41-35-29-23-17-11-4/h50-53,60-63H,8-49,54-59H2,1-7H3,(H2,77,78,79,80,81). The van der Waals surface area contributed by atoms with Gasteiger partial charge in [-0.25, -0.2) is 0 Å². The highest BCUT2D eigenvalue weighted by Gasteiger charge is 2.21. The molecule has 4 aromatic rings. The van der Waals surface area contributed by atoms with Gasteiger partial charge >= 0.3 is 0 Å². The van der Waals surface area contributed by atoms with Gasteiger partial charge in [-0.2, -0.15) is 15.0 Å². The van der Waals surface area contributed by atoms with Crippen molar-refractivity contribution in [3.8, 4) is 45.9 Å². The van der Waals surface area contributed by atoms with Crippen molar-refractivity contribution in [3.05, 3.63) is 54.1 Å². The number of rotatable bonds is 59. The van der Waals surface area contributed by atoms with Gasteiger partial charge in [0.2, 0.25) is 23.4 Å². The normalized spacial score (nSPS) is 11.3. The lowest BCUT2D eigenvalue weighted by Crippen LogP contribution is -2.09. The summed E-state index contributed by atoms with van der Waals surface area (Å²) in [5.41, 5.74) is 3.54. The molecule has 0 aliphatic rings. The number of aryl methyl sites for hydroxylation is 1. The molecule has 0 amide bonds. The minimum Gasteiger partial charge on any atom is -0.489 e. The highest BCUT2D eigenvalue weighted by atomic mass is 16.5. The summed E-state index contributed by atoms with van der Waals surface area (Å²) in [4.78, 5) is 15.3. The zero-order valence-electron chi connectivity index (χ0n) is 56.9. The number of hydrogen-bond donors (Lipinski definition) is 2. The van der Waals surface area contributed by atoms with Gasteiger partial charge in [-0.3, -0.25) is 0 Å². The third kappa shape index (κ3) is 34.6. The van der Waals surface area contributed by atoms with E-state index >= 15 is 0 Å². The number of benzene rings is 3. The van der Waals surface area contributed by atoms with E-state index in [-0.39, 0.29) is 0 Å². The Kier molecular flexibility index (Phi) is 43.6. The van der Waals surface area contributed by atoms with Crippen LogP contribution in [0.15, 0.2) is 48.5 Å². The molecule has 1 heterocycles. The Hall–Kier alpha value is -4.93. The van der Waals surface area contributed by atoms with Crippen LogP contribution < -0.4 is 39.1 Å². The van der Waals surface area contributed by atoms with E-state index in [1.54, 1.807) is 0 Å². The first-order valence-corrected chi connectivity index (χ1v) is 36.4. The molecule has 11 heteroatoms. The van der Waals surface area contributed by atoms with Crippen LogP contribution in [0.2, 0.25) is 0 Å². The smallest absolute Gasteiger partial charge is 0.232 e. The molecule has 87 heavy (non-hydrogen) atoms. The number of ether oxygens (including phenoxy) is 6. The molecule has 0 saturated heterocycles. The second-order valence-electron chi connectivity index (χ2n) is 24.8. The summed E-state index contributed by atoms with van der Waals surface area (Å²) in [7, 11) is 0. The Morgan fingerprint density at radius 1 is 0.276 bits per heavy atom. The van der Waals surface area contributed by atoms with E-state index in [1.165, 1.54) is 193 Å². The minimum atomic E-state index is 0.386. The first kappa shape index (κ1) is 74.5. The number of nitrogens with zero attached hydrogens (tertiary/aromatic N) is 3. The second kappa shape index (κ2) is 50.9. The predicted molar refractivity (Wildman–Crippen MR) is 370 cm³/mol. The van der Waals surface area contributed by atoms with E-state index in [0.29, 0.717) is 91.9 Å². The van der Waals surface area contributed by atoms with Gasteiger partial charge in [0.25, 0.3) is 0 Å². The Labute approximate surface area is 532 Å². The Morgan fingerprint density at radius 2 is 0.506 bits per heavy atom. The molecular weight excluding hydrogens is 1080 g/mol. The highest BCUT2D eigenvalue weighted by molar-refractivity contribution is 5.70. The lowest BCUT2D eigenvalue weighted by Gasteiger charge is -2.20. The Morgan fingerprint density at radius 3 is 0.759 bits per heavy atom. The molecule has 0 aliphatic heterocycles. The van der Waals surface area contributed by atoms with Crippen LogP contribution in [0.3, 0.4) is 0 Å². The van der Waals surface area contributed by atoms with Gasteiger partial charge in [0, 0.05) is 41.2 Å². The summed E-state index contributed by atoms with van der Waals surface area (Å²) >= 11 is 0. The van der Waals surface area contributed by atoms with Crippen LogP contribution in [-0.2, 0) is 0 Å². The Bertz CT molecular complexity index is 2060. The van der Waals surface area contributed by atoms with Gasteiger partial charge in [0.1, 0.15) is 0 Å². The van der Waals surface area contributed by atoms with Gasteiger partial charge < -0.3 is 39.1 Å². The van der Waals surface area contributed by atoms with Crippen LogP contribution in [-0.4, -0.2) is 54.6 Å². The van der Waals surface area contributed by atoms with Crippen molar-refractivity contribution in [1.29, 1.82) is 0 Å². The number of anilines is 4. The monoisotopic (exact) mass is 1210 g/mol. The molecule has 0 bridgehead atoms. The number of nitrogens with one attached hydrogen (secondary N) is 2. The molecule has 3 aromatic carbocycles. The molecular formula is C76H127N5O6. The fraction of sp³-hybridized carbons (Fsp3) is 0.724. The maximum atomic E-state index is 6.76. The topological polar surface area (TPSA) is 118 Å². The molecule has 4 rings (SSSR count). The van der Waals surface area contributed by atoms with Crippen LogP contribution >= 0.6 is 0 Å². The molecule has 0 atom stereocenters. The molecule has 0 spiro atoms. The van der Waals surface area contributed by atoms with Crippen molar-refractivity contribution in [1.82, 2.24) is 15.0 Å². The Balaban J connectivity index is 1.75. The van der Waals surface area contributed by atoms with Crippen molar-refractivity contribution in [2.45, 2.75) is 318 Å². The maximum absolute atomic E-state index is 6.76. The van der Waals surface area contributed by atoms with Gasteiger partial charge in [-0.1, -0.05) is 303 Å². The molecule has 0 fully saturated rings. The summed E-state index contributed by atoms with van der Waals surface area (Å²) in [6, 6.07) is 16.5. The molecule has 0 saturated carbocycles. The SMILES string of the molecule is CCCCCCCCCOc1cc(Nc2nc(Nc3cc(OCCCCCCCCC)c(OCCCCCCCCC)c(OCCCCCCCCC)c3)nc(-c3ccc(C)cc3)n2)cc(OCCCCCCCCC)c1OCCCCCCCCC. The first-order chi connectivity index (χ1) is 42.9. The summed E-state index contributed by atoms with van der Waals surface area (Å²) in [5, 5.41) is 7.25. The number of unbranched alkanes of at least 4 members (excludes halogenated alkanes) is 36. The lowest BCUT2D eigenvalue weighted by molar-refractivity contribution is 0.234. The van der Waals surface area contributed by atoms with Crippen LogP contribution in [0.1, 0.15) is 317 Å². The fourth-order valence-electron chi connectivity index (χ4n) is 11.0. The average molecular weight is 1210 g/mol. The third-order valence-corrected chi connectivity index (χ3v) is 16.5. The molecule has 0 aliphatic carbocycles. The predicted octanol–water partition coefficient (Wildman–Crippen LogP) is 24.1. The zero-order valence-corrected chi connectivity index (χ0v) is 56.9. The van der Waals surface area contributed by atoms with Crippen molar-refractivity contribution in [2.75, 3.05) is 50.3 Å². The van der Waals surface area contributed by atoms with E-state index in [4.69, 9.17) is 43.4 Å². The molecule has 11 nitrogen and oxygen atoms in total. The van der Waals surface area contributed by atoms with E-state index in [2.05, 4.69) is 83.4 Å². The van der Waals surface area contributed by atoms with Crippen LogP contribution in [0.25, 0.3) is 11.4 Å². The minimum absolute atomic E-state index is 0.386. The van der Waals surface area contributed by atoms with Gasteiger partial charge in [-0.15, -0.1) is 0 Å². The fourth-order valence-corrected chi connectivity index (χ4v) is 11.0. The van der Waals surface area contributed by atoms with Crippen molar-refractivity contribution < 1.29 is 28.4 Å². The van der Waals surface area contributed by atoms with E-state index in [0.717, 1.165) is 99.6 Å². The van der Waals surface area contributed by atoms with Crippen molar-refractivity contribution in [2.24, 2.45) is 0 Å². The molecule has 2 N–H and O–H groups in total. The largest absolute Gasteiger partial charge is 0.489 e. The summed E-state index contributed by atoms with van der Waals surface area (Å²) < 4.78 is 40.5. The van der Waals surface area contributed by atoms with Gasteiger partial charge in [0.15, 0.2) is 28.8 Å². The second-order valence-corrected chi connectivity index (χ2v) is 24.8. The van der Waals surface area contributed by atoms with E-state index in [9.17, 15) is 0 Å². The molecule has 0 unspecified atom stereocenters. The highest BCUT2D eigenvalue weighted by Crippen LogP contribution is 2.44. The molecule has 1 aromatic heterocycles. The third-order valence-electron chi connectivity index (χ3n) is 16.5. The van der Waals surface area contributed by atoms with Gasteiger partial charge in [0.05, 0.1) is 39.6 Å². The van der Waals surface area contributed by atoms with E-state index in [1.807, 2.05) is 24.3 Å². The van der Waals surface area contributed by atoms with E-state index < -0.39 is 0 Å². The average Bonchev–Trinajstić information content (AvgIpc) is 2.55. The summed E-state index contributed by atoms with van der Waals surface area (Å²) in [6.45, 7) is 19.3. The number of hydrogen-bond acceptors (Lipinski definition) is 11. The van der Waals surface area contributed by atoms with Gasteiger partial charge in [-0.05, 0) is 45.4 Å². The lowest BCUT2D eigenvalue weighted by atomic mass is 10.1. The van der Waals surface area contributed by atoms with Crippen molar-refractivity contribution in [3.63, 3.8) is 0 Å². The van der Waals surface area contributed by atoms with Crippen LogP contribution in [0.5, 0.6) is 34.5 Å². The quantitative estimate of drug-likeness (QED) is 0.0412. The zero-order chi connectivity index (χ0) is 61.9. The number of aromatic nitrogens is 3. The maximum Gasteiger partial charge on any atom is 0.232 e. The summed E-state index contributed by atoms with van der Waals surface area (Å²) in [5.74, 6) is 5.38.